The first-order valence-corrected chi connectivity index (χ1v) is 9.54. The van der Waals surface area contributed by atoms with Crippen molar-refractivity contribution in [1.82, 2.24) is 5.32 Å². The number of hydrogen-bond acceptors (Lipinski definition) is 7. The number of carbonyl (C=O) groups excluding carboxylic acids is 2. The molecule has 2 aromatic rings. The lowest BCUT2D eigenvalue weighted by molar-refractivity contribution is -0.384. The molecule has 10 nitrogen and oxygen atoms in total. The van der Waals surface area contributed by atoms with E-state index < -0.39 is 4.92 Å². The van der Waals surface area contributed by atoms with E-state index in [9.17, 15) is 19.7 Å². The minimum atomic E-state index is -0.529. The van der Waals surface area contributed by atoms with Gasteiger partial charge < -0.3 is 26.4 Å². The Kier molecular flexibility index (Phi) is 6.81. The van der Waals surface area contributed by atoms with Gasteiger partial charge in [-0.2, -0.15) is 0 Å². The highest BCUT2D eigenvalue weighted by molar-refractivity contribution is 5.98. The fourth-order valence-corrected chi connectivity index (χ4v) is 2.75. The molecule has 0 unspecified atom stereocenters. The van der Waals surface area contributed by atoms with Crippen LogP contribution in [0.1, 0.15) is 23.2 Å². The van der Waals surface area contributed by atoms with Crippen LogP contribution in [0.3, 0.4) is 0 Å². The van der Waals surface area contributed by atoms with Crippen LogP contribution >= 0.6 is 0 Å². The van der Waals surface area contributed by atoms with E-state index in [1.54, 1.807) is 24.3 Å². The second kappa shape index (κ2) is 9.70. The van der Waals surface area contributed by atoms with Crippen molar-refractivity contribution in [1.29, 1.82) is 0 Å². The highest BCUT2D eigenvalue weighted by atomic mass is 16.6. The summed E-state index contributed by atoms with van der Waals surface area (Å²) in [5.41, 5.74) is 1.71. The Balaban J connectivity index is 1.62. The van der Waals surface area contributed by atoms with Crippen LogP contribution < -0.4 is 21.3 Å². The molecule has 5 N–H and O–H groups in total. The third-order valence-electron chi connectivity index (χ3n) is 4.40. The number of nitrogens with one attached hydrogen (secondary N) is 4. The lowest BCUT2D eigenvalue weighted by Crippen LogP contribution is -2.26. The van der Waals surface area contributed by atoms with E-state index in [0.717, 1.165) is 12.8 Å². The smallest absolute Gasteiger partial charge is 0.271 e. The van der Waals surface area contributed by atoms with Crippen LogP contribution in [0.15, 0.2) is 42.5 Å². The number of carbonyl (C=O) groups is 2. The van der Waals surface area contributed by atoms with Crippen LogP contribution in [0.25, 0.3) is 0 Å². The van der Waals surface area contributed by atoms with Crippen LogP contribution in [-0.2, 0) is 4.79 Å². The molecule has 0 aromatic heterocycles. The van der Waals surface area contributed by atoms with Crippen molar-refractivity contribution in [3.8, 4) is 0 Å². The zero-order chi connectivity index (χ0) is 21.5. The van der Waals surface area contributed by atoms with Crippen molar-refractivity contribution in [2.24, 2.45) is 0 Å². The monoisotopic (exact) mass is 413 g/mol. The fourth-order valence-electron chi connectivity index (χ4n) is 2.75. The van der Waals surface area contributed by atoms with E-state index in [4.69, 9.17) is 5.11 Å². The number of aliphatic hydroxyl groups excluding tert-OH is 1. The molecule has 0 atom stereocenters. The standard InChI is InChI=1S/C20H23N5O5/c26-9-8-21-17-7-6-16(25(29)30)11-18(17)22-12-19(27)23-15-3-1-2-13(10-15)20(28)24-14-4-5-14/h1-3,6-7,10-11,14,21-22,26H,4-5,8-9,12H2,(H,23,27)(H,24,28). The normalized spacial score (nSPS) is 12.7. The number of hydrogen-bond donors (Lipinski definition) is 5. The van der Waals surface area contributed by atoms with Gasteiger partial charge in [0.2, 0.25) is 5.91 Å². The van der Waals surface area contributed by atoms with Crippen LogP contribution in [-0.4, -0.2) is 47.6 Å². The van der Waals surface area contributed by atoms with Crippen molar-refractivity contribution in [3.63, 3.8) is 0 Å². The maximum atomic E-state index is 12.3. The van der Waals surface area contributed by atoms with Gasteiger partial charge in [-0.15, -0.1) is 0 Å². The molecular formula is C20H23N5O5. The van der Waals surface area contributed by atoms with Gasteiger partial charge in [-0.25, -0.2) is 0 Å². The number of aliphatic hydroxyl groups is 1. The average Bonchev–Trinajstić information content (AvgIpc) is 3.55. The average molecular weight is 413 g/mol. The number of rotatable bonds is 10. The quantitative estimate of drug-likeness (QED) is 0.295. The third kappa shape index (κ3) is 5.92. The fraction of sp³-hybridized carbons (Fsp3) is 0.300. The molecule has 158 valence electrons. The Morgan fingerprint density at radius 1 is 1.10 bits per heavy atom. The van der Waals surface area contributed by atoms with Gasteiger partial charge >= 0.3 is 0 Å². The Bertz CT molecular complexity index is 945. The lowest BCUT2D eigenvalue weighted by Gasteiger charge is -2.13. The van der Waals surface area contributed by atoms with Gasteiger partial charge in [-0.1, -0.05) is 6.07 Å². The second-order valence-electron chi connectivity index (χ2n) is 6.87. The summed E-state index contributed by atoms with van der Waals surface area (Å²) in [6, 6.07) is 11.0. The predicted molar refractivity (Wildman–Crippen MR) is 113 cm³/mol. The topological polar surface area (TPSA) is 146 Å². The molecule has 30 heavy (non-hydrogen) atoms. The summed E-state index contributed by atoms with van der Waals surface area (Å²) >= 11 is 0. The first-order chi connectivity index (χ1) is 14.5. The van der Waals surface area contributed by atoms with Gasteiger partial charge in [0.25, 0.3) is 11.6 Å². The molecule has 0 spiro atoms. The van der Waals surface area contributed by atoms with Crippen LogP contribution in [0.4, 0.5) is 22.7 Å². The first kappa shape index (κ1) is 21.1. The maximum absolute atomic E-state index is 12.3. The Hall–Kier alpha value is -3.66. The Morgan fingerprint density at radius 3 is 2.60 bits per heavy atom. The van der Waals surface area contributed by atoms with Gasteiger partial charge in [-0.3, -0.25) is 19.7 Å². The highest BCUT2D eigenvalue weighted by Crippen LogP contribution is 2.27. The molecule has 0 bridgehead atoms. The van der Waals surface area contributed by atoms with Crippen LogP contribution in [0.2, 0.25) is 0 Å². The van der Waals surface area contributed by atoms with Gasteiger partial charge in [0.15, 0.2) is 0 Å². The number of benzene rings is 2. The summed E-state index contributed by atoms with van der Waals surface area (Å²) in [4.78, 5) is 35.0. The second-order valence-corrected chi connectivity index (χ2v) is 6.87. The molecule has 0 heterocycles. The highest BCUT2D eigenvalue weighted by Gasteiger charge is 2.23. The molecule has 1 aliphatic carbocycles. The number of nitro benzene ring substituents is 1. The van der Waals surface area contributed by atoms with Crippen molar-refractivity contribution >= 4 is 34.6 Å². The minimum absolute atomic E-state index is 0.110. The number of non-ortho nitro benzene ring substituents is 1. The first-order valence-electron chi connectivity index (χ1n) is 9.54. The summed E-state index contributed by atoms with van der Waals surface area (Å²) in [5, 5.41) is 31.4. The number of nitrogens with zero attached hydrogens (tertiary/aromatic N) is 1. The third-order valence-corrected chi connectivity index (χ3v) is 4.40. The molecule has 3 rings (SSSR count). The molecule has 1 aliphatic rings. The largest absolute Gasteiger partial charge is 0.395 e. The molecular weight excluding hydrogens is 390 g/mol. The summed E-state index contributed by atoms with van der Waals surface area (Å²) in [6.45, 7) is 0.00342. The van der Waals surface area contributed by atoms with Crippen LogP contribution in [0.5, 0.6) is 0 Å². The van der Waals surface area contributed by atoms with Crippen molar-refractivity contribution in [2.45, 2.75) is 18.9 Å². The summed E-state index contributed by atoms with van der Waals surface area (Å²) in [7, 11) is 0. The van der Waals surface area contributed by atoms with Crippen molar-refractivity contribution < 1.29 is 19.6 Å². The molecule has 0 aliphatic heterocycles. The molecule has 2 amide bonds. The summed E-state index contributed by atoms with van der Waals surface area (Å²) in [5.74, 6) is -0.558. The zero-order valence-corrected chi connectivity index (χ0v) is 16.2. The summed E-state index contributed by atoms with van der Waals surface area (Å²) in [6.07, 6.45) is 1.97. The molecule has 1 fully saturated rings. The molecule has 10 heteroatoms. The van der Waals surface area contributed by atoms with Crippen molar-refractivity contribution in [3.05, 3.63) is 58.1 Å². The lowest BCUT2D eigenvalue weighted by atomic mass is 10.2. The van der Waals surface area contributed by atoms with E-state index >= 15 is 0 Å². The summed E-state index contributed by atoms with van der Waals surface area (Å²) < 4.78 is 0. The minimum Gasteiger partial charge on any atom is -0.395 e. The number of amides is 2. The molecule has 2 aromatic carbocycles. The van der Waals surface area contributed by atoms with Gasteiger partial charge in [-0.05, 0) is 37.1 Å². The van der Waals surface area contributed by atoms with E-state index in [0.29, 0.717) is 22.6 Å². The van der Waals surface area contributed by atoms with Gasteiger partial charge in [0.1, 0.15) is 0 Å². The van der Waals surface area contributed by atoms with Crippen molar-refractivity contribution in [2.75, 3.05) is 35.6 Å². The zero-order valence-electron chi connectivity index (χ0n) is 16.2. The van der Waals surface area contributed by atoms with E-state index in [-0.39, 0.29) is 43.2 Å². The van der Waals surface area contributed by atoms with E-state index in [1.807, 2.05) is 0 Å². The maximum Gasteiger partial charge on any atom is 0.271 e. The van der Waals surface area contributed by atoms with Gasteiger partial charge in [0, 0.05) is 36.0 Å². The van der Waals surface area contributed by atoms with E-state index in [2.05, 4.69) is 21.3 Å². The Labute approximate surface area is 172 Å². The SMILES string of the molecule is O=C(CNc1cc([N+](=O)[O-])ccc1NCCO)Nc1cccc(C(=O)NC2CC2)c1. The van der Waals surface area contributed by atoms with E-state index in [1.165, 1.54) is 18.2 Å². The number of nitro groups is 1. The Morgan fingerprint density at radius 2 is 1.90 bits per heavy atom. The van der Waals surface area contributed by atoms with Crippen LogP contribution in [0, 0.1) is 10.1 Å². The van der Waals surface area contributed by atoms with Gasteiger partial charge in [0.05, 0.1) is 29.4 Å². The molecule has 0 saturated heterocycles. The predicted octanol–water partition coefficient (Wildman–Crippen LogP) is 1.94. The molecule has 1 saturated carbocycles. The number of anilines is 3. The molecule has 0 radical (unpaired) electrons.